The average Bonchev–Trinajstić information content (AvgIpc) is 2.20. The van der Waals surface area contributed by atoms with Crippen LogP contribution in [0.4, 0.5) is 10.1 Å². The van der Waals surface area contributed by atoms with Gasteiger partial charge in [-0.3, -0.25) is 10.1 Å². The van der Waals surface area contributed by atoms with Crippen molar-refractivity contribution in [3.8, 4) is 11.8 Å². The topological polar surface area (TPSA) is 43.1 Å². The van der Waals surface area contributed by atoms with Crippen molar-refractivity contribution < 1.29 is 9.31 Å². The van der Waals surface area contributed by atoms with E-state index in [0.29, 0.717) is 17.7 Å². The highest BCUT2D eigenvalue weighted by Crippen LogP contribution is 2.17. The molecule has 1 aromatic carbocycles. The molecule has 0 aromatic heterocycles. The Kier molecular flexibility index (Phi) is 4.13. The Hall–Kier alpha value is -1.54. The molecule has 0 saturated heterocycles. The third-order valence-electron chi connectivity index (χ3n) is 1.61. The lowest BCUT2D eigenvalue weighted by molar-refractivity contribution is -0.387. The standard InChI is InChI=1S/C10H8FNO2S/c11-9-5-4-8(3-1-2-6-15)7-10(9)12(13)14/h4-5,7,15H,2,6H2. The third-order valence-corrected chi connectivity index (χ3v) is 1.84. The fourth-order valence-electron chi connectivity index (χ4n) is 0.951. The zero-order valence-electron chi connectivity index (χ0n) is 7.74. The van der Waals surface area contributed by atoms with E-state index >= 15 is 0 Å². The monoisotopic (exact) mass is 225 g/mol. The van der Waals surface area contributed by atoms with E-state index in [1.165, 1.54) is 6.07 Å². The Morgan fingerprint density at radius 1 is 1.53 bits per heavy atom. The minimum atomic E-state index is -0.847. The molecule has 1 rings (SSSR count). The second kappa shape index (κ2) is 5.37. The Bertz CT molecular complexity index is 437. The Morgan fingerprint density at radius 2 is 2.27 bits per heavy atom. The molecular weight excluding hydrogens is 217 g/mol. The second-order valence-electron chi connectivity index (χ2n) is 2.70. The highest BCUT2D eigenvalue weighted by atomic mass is 32.1. The molecule has 0 spiro atoms. The van der Waals surface area contributed by atoms with Gasteiger partial charge >= 0.3 is 5.69 Å². The van der Waals surface area contributed by atoms with Crippen molar-refractivity contribution >= 4 is 18.3 Å². The molecule has 0 bridgehead atoms. The van der Waals surface area contributed by atoms with Gasteiger partial charge in [-0.15, -0.1) is 0 Å². The number of hydrogen-bond donors (Lipinski definition) is 1. The van der Waals surface area contributed by atoms with Crippen LogP contribution in [-0.4, -0.2) is 10.7 Å². The van der Waals surface area contributed by atoms with Gasteiger partial charge in [0.05, 0.1) is 4.92 Å². The van der Waals surface area contributed by atoms with Crippen LogP contribution in [0, 0.1) is 27.8 Å². The molecule has 0 aliphatic heterocycles. The minimum absolute atomic E-state index is 0.435. The molecule has 5 heteroatoms. The van der Waals surface area contributed by atoms with Gasteiger partial charge in [-0.2, -0.15) is 17.0 Å². The first-order chi connectivity index (χ1) is 7.15. The third kappa shape index (κ3) is 3.26. The van der Waals surface area contributed by atoms with Crippen LogP contribution >= 0.6 is 12.6 Å². The van der Waals surface area contributed by atoms with Crippen LogP contribution in [0.15, 0.2) is 18.2 Å². The van der Waals surface area contributed by atoms with Gasteiger partial charge in [-0.05, 0) is 12.1 Å². The lowest BCUT2D eigenvalue weighted by atomic mass is 10.2. The number of halogens is 1. The first-order valence-electron chi connectivity index (χ1n) is 4.19. The molecule has 0 aliphatic carbocycles. The average molecular weight is 225 g/mol. The zero-order chi connectivity index (χ0) is 11.3. The van der Waals surface area contributed by atoms with E-state index in [1.54, 1.807) is 0 Å². The molecule has 78 valence electrons. The minimum Gasteiger partial charge on any atom is -0.258 e. The summed E-state index contributed by atoms with van der Waals surface area (Å²) in [5.41, 5.74) is -0.113. The molecule has 0 heterocycles. The Morgan fingerprint density at radius 3 is 2.87 bits per heavy atom. The Labute approximate surface area is 91.9 Å². The van der Waals surface area contributed by atoms with Crippen molar-refractivity contribution in [3.63, 3.8) is 0 Å². The van der Waals surface area contributed by atoms with E-state index in [0.717, 1.165) is 12.1 Å². The van der Waals surface area contributed by atoms with Gasteiger partial charge in [-0.25, -0.2) is 0 Å². The van der Waals surface area contributed by atoms with Gasteiger partial charge in [-0.1, -0.05) is 11.8 Å². The predicted octanol–water partition coefficient (Wildman–Crippen LogP) is 2.41. The van der Waals surface area contributed by atoms with E-state index in [2.05, 4.69) is 24.5 Å². The number of benzene rings is 1. The Balaban J connectivity index is 2.99. The lowest BCUT2D eigenvalue weighted by Gasteiger charge is -1.94. The van der Waals surface area contributed by atoms with Crippen molar-refractivity contribution in [2.24, 2.45) is 0 Å². The van der Waals surface area contributed by atoms with Crippen LogP contribution < -0.4 is 0 Å². The molecule has 0 aliphatic rings. The molecule has 0 radical (unpaired) electrons. The largest absolute Gasteiger partial charge is 0.306 e. The summed E-state index contributed by atoms with van der Waals surface area (Å²) in [7, 11) is 0. The van der Waals surface area contributed by atoms with Crippen LogP contribution in [0.3, 0.4) is 0 Å². The van der Waals surface area contributed by atoms with Crippen molar-refractivity contribution in [3.05, 3.63) is 39.7 Å². The zero-order valence-corrected chi connectivity index (χ0v) is 8.63. The fourth-order valence-corrected chi connectivity index (χ4v) is 1.06. The van der Waals surface area contributed by atoms with Crippen molar-refractivity contribution in [1.82, 2.24) is 0 Å². The maximum atomic E-state index is 12.9. The van der Waals surface area contributed by atoms with Crippen LogP contribution in [0.25, 0.3) is 0 Å². The molecule has 0 N–H and O–H groups in total. The summed E-state index contributed by atoms with van der Waals surface area (Å²) in [6.45, 7) is 0. The molecule has 0 fully saturated rings. The fraction of sp³-hybridized carbons (Fsp3) is 0.200. The number of nitro benzene ring substituents is 1. The van der Waals surface area contributed by atoms with Gasteiger partial charge in [0.1, 0.15) is 0 Å². The summed E-state index contributed by atoms with van der Waals surface area (Å²) < 4.78 is 12.9. The molecular formula is C10H8FNO2S. The van der Waals surface area contributed by atoms with Crippen LogP contribution in [0.2, 0.25) is 0 Å². The van der Waals surface area contributed by atoms with Gasteiger partial charge in [0.2, 0.25) is 5.82 Å². The van der Waals surface area contributed by atoms with Crippen molar-refractivity contribution in [2.45, 2.75) is 6.42 Å². The van der Waals surface area contributed by atoms with E-state index in [-0.39, 0.29) is 0 Å². The summed E-state index contributed by atoms with van der Waals surface area (Å²) in [5, 5.41) is 10.4. The van der Waals surface area contributed by atoms with E-state index in [1.807, 2.05) is 0 Å². The van der Waals surface area contributed by atoms with Gasteiger partial charge in [0.15, 0.2) is 0 Å². The maximum Gasteiger partial charge on any atom is 0.306 e. The first-order valence-corrected chi connectivity index (χ1v) is 4.82. The summed E-state index contributed by atoms with van der Waals surface area (Å²) >= 11 is 3.97. The maximum absolute atomic E-state index is 12.9. The lowest BCUT2D eigenvalue weighted by Crippen LogP contribution is -1.92. The van der Waals surface area contributed by atoms with Gasteiger partial charge in [0.25, 0.3) is 0 Å². The molecule has 1 aromatic rings. The van der Waals surface area contributed by atoms with E-state index in [9.17, 15) is 14.5 Å². The first kappa shape index (κ1) is 11.5. The predicted molar refractivity (Wildman–Crippen MR) is 58.4 cm³/mol. The van der Waals surface area contributed by atoms with Crippen LogP contribution in [0.1, 0.15) is 12.0 Å². The molecule has 0 amide bonds. The second-order valence-corrected chi connectivity index (χ2v) is 3.15. The summed E-state index contributed by atoms with van der Waals surface area (Å²) in [6, 6.07) is 3.58. The molecule has 15 heavy (non-hydrogen) atoms. The van der Waals surface area contributed by atoms with Gasteiger partial charge < -0.3 is 0 Å². The number of hydrogen-bond acceptors (Lipinski definition) is 3. The summed E-state index contributed by atoms with van der Waals surface area (Å²) in [6.07, 6.45) is 0.592. The SMILES string of the molecule is O=[N+]([O-])c1cc(C#CCCS)ccc1F. The van der Waals surface area contributed by atoms with Crippen molar-refractivity contribution in [2.75, 3.05) is 5.75 Å². The molecule has 0 atom stereocenters. The van der Waals surface area contributed by atoms with Crippen LogP contribution in [0.5, 0.6) is 0 Å². The van der Waals surface area contributed by atoms with Crippen molar-refractivity contribution in [1.29, 1.82) is 0 Å². The van der Waals surface area contributed by atoms with Gasteiger partial charge in [0, 0.05) is 23.8 Å². The molecule has 3 nitrogen and oxygen atoms in total. The number of nitrogens with zero attached hydrogens (tertiary/aromatic N) is 1. The highest BCUT2D eigenvalue weighted by Gasteiger charge is 2.13. The highest BCUT2D eigenvalue weighted by molar-refractivity contribution is 7.80. The van der Waals surface area contributed by atoms with Crippen LogP contribution in [-0.2, 0) is 0 Å². The summed E-state index contributed by atoms with van der Waals surface area (Å²) in [5.74, 6) is 5.24. The number of rotatable bonds is 2. The quantitative estimate of drug-likeness (QED) is 0.363. The molecule has 0 saturated carbocycles. The normalized spacial score (nSPS) is 9.20. The van der Waals surface area contributed by atoms with E-state index in [4.69, 9.17) is 0 Å². The smallest absolute Gasteiger partial charge is 0.258 e. The number of thiol groups is 1. The number of nitro groups is 1. The van der Waals surface area contributed by atoms with E-state index < -0.39 is 16.4 Å². The summed E-state index contributed by atoms with van der Waals surface area (Å²) in [4.78, 5) is 9.64. The molecule has 0 unspecified atom stereocenters.